The second-order valence-corrected chi connectivity index (χ2v) is 5.03. The van der Waals surface area contributed by atoms with Crippen LogP contribution in [-0.2, 0) is 4.79 Å². The van der Waals surface area contributed by atoms with Gasteiger partial charge in [0.15, 0.2) is 5.78 Å². The van der Waals surface area contributed by atoms with Crippen molar-refractivity contribution in [2.75, 3.05) is 0 Å². The summed E-state index contributed by atoms with van der Waals surface area (Å²) in [4.78, 5) is 27.1. The molecule has 0 amide bonds. The maximum atomic E-state index is 12.0. The first-order valence-electron chi connectivity index (χ1n) is 5.42. The van der Waals surface area contributed by atoms with E-state index in [1.165, 1.54) is 11.3 Å². The summed E-state index contributed by atoms with van der Waals surface area (Å²) in [6, 6.07) is 3.55. The van der Waals surface area contributed by atoms with Gasteiger partial charge in [-0.3, -0.25) is 14.2 Å². The topological polar surface area (TPSA) is 72.2 Å². The average Bonchev–Trinajstić information content (AvgIpc) is 2.97. The number of thiophene rings is 1. The van der Waals surface area contributed by atoms with Gasteiger partial charge in [0.05, 0.1) is 17.6 Å². The molecule has 1 unspecified atom stereocenters. The number of nitrogens with zero attached hydrogens (tertiary/aromatic N) is 2. The van der Waals surface area contributed by atoms with Gasteiger partial charge in [-0.25, -0.2) is 4.98 Å². The summed E-state index contributed by atoms with van der Waals surface area (Å²) in [6.07, 6.45) is 4.97. The Hall–Kier alpha value is -1.95. The van der Waals surface area contributed by atoms with Crippen molar-refractivity contribution in [1.29, 1.82) is 0 Å². The lowest BCUT2D eigenvalue weighted by molar-refractivity contribution is -0.137. The van der Waals surface area contributed by atoms with E-state index in [0.717, 1.165) is 5.00 Å². The van der Waals surface area contributed by atoms with E-state index in [9.17, 15) is 9.59 Å². The molecule has 2 heterocycles. The minimum Gasteiger partial charge on any atom is -0.481 e. The summed E-state index contributed by atoms with van der Waals surface area (Å²) in [7, 11) is 0. The van der Waals surface area contributed by atoms with Crippen molar-refractivity contribution in [3.8, 4) is 5.00 Å². The average molecular weight is 264 g/mol. The number of carbonyl (C=O) groups excluding carboxylic acids is 1. The maximum absolute atomic E-state index is 12.0. The van der Waals surface area contributed by atoms with Crippen LogP contribution in [0.25, 0.3) is 5.00 Å². The Balaban J connectivity index is 2.15. The van der Waals surface area contributed by atoms with Crippen LogP contribution in [0.1, 0.15) is 23.0 Å². The zero-order chi connectivity index (χ0) is 13.1. The van der Waals surface area contributed by atoms with Crippen LogP contribution in [0.15, 0.2) is 30.9 Å². The van der Waals surface area contributed by atoms with Crippen molar-refractivity contribution < 1.29 is 14.7 Å². The highest BCUT2D eigenvalue weighted by Crippen LogP contribution is 2.24. The van der Waals surface area contributed by atoms with Crippen LogP contribution in [0, 0.1) is 5.92 Å². The number of carboxylic acid groups (broad SMARTS) is 1. The third-order valence-corrected chi connectivity index (χ3v) is 3.64. The van der Waals surface area contributed by atoms with Gasteiger partial charge in [-0.15, -0.1) is 11.3 Å². The number of Topliss-reactive ketones (excluding diaryl/α,β-unsaturated/α-hetero) is 1. The number of hydrogen-bond donors (Lipinski definition) is 1. The Bertz CT molecular complexity index is 560. The fourth-order valence-corrected chi connectivity index (χ4v) is 2.60. The molecule has 2 rings (SSSR count). The molecule has 0 spiro atoms. The number of aliphatic carboxylic acids is 1. The summed E-state index contributed by atoms with van der Waals surface area (Å²) in [5, 5.41) is 9.56. The summed E-state index contributed by atoms with van der Waals surface area (Å²) < 4.78 is 1.81. The third kappa shape index (κ3) is 2.65. The first kappa shape index (κ1) is 12.5. The Morgan fingerprint density at radius 1 is 1.50 bits per heavy atom. The predicted octanol–water partition coefficient (Wildman–Crippen LogP) is 2.23. The molecule has 0 fully saturated rings. The highest BCUT2D eigenvalue weighted by atomic mass is 32.1. The second-order valence-electron chi connectivity index (χ2n) is 3.97. The van der Waals surface area contributed by atoms with Gasteiger partial charge in [-0.05, 0) is 12.1 Å². The molecule has 6 heteroatoms. The van der Waals surface area contributed by atoms with E-state index >= 15 is 0 Å². The minimum absolute atomic E-state index is 0.131. The van der Waals surface area contributed by atoms with Crippen molar-refractivity contribution in [1.82, 2.24) is 9.55 Å². The molecule has 1 atom stereocenters. The van der Waals surface area contributed by atoms with E-state index in [0.29, 0.717) is 4.88 Å². The van der Waals surface area contributed by atoms with Gasteiger partial charge in [-0.1, -0.05) is 6.92 Å². The Kier molecular flexibility index (Phi) is 3.57. The minimum atomic E-state index is -0.956. The van der Waals surface area contributed by atoms with Crippen molar-refractivity contribution in [2.24, 2.45) is 5.92 Å². The SMILES string of the molecule is CC(CC(=O)O)C(=O)c1ccc(-n2ccnc2)s1. The lowest BCUT2D eigenvalue weighted by Crippen LogP contribution is -2.14. The molecule has 5 nitrogen and oxygen atoms in total. The van der Waals surface area contributed by atoms with Crippen molar-refractivity contribution in [2.45, 2.75) is 13.3 Å². The Labute approximate surface area is 108 Å². The zero-order valence-corrected chi connectivity index (χ0v) is 10.6. The van der Waals surface area contributed by atoms with Crippen LogP contribution in [0.2, 0.25) is 0 Å². The molecule has 0 aromatic carbocycles. The van der Waals surface area contributed by atoms with E-state index in [1.54, 1.807) is 31.7 Å². The van der Waals surface area contributed by atoms with Crippen LogP contribution < -0.4 is 0 Å². The van der Waals surface area contributed by atoms with E-state index in [4.69, 9.17) is 5.11 Å². The first-order chi connectivity index (χ1) is 8.58. The predicted molar refractivity (Wildman–Crippen MR) is 67.2 cm³/mol. The molecule has 0 radical (unpaired) electrons. The smallest absolute Gasteiger partial charge is 0.304 e. The van der Waals surface area contributed by atoms with Crippen LogP contribution >= 0.6 is 11.3 Å². The Morgan fingerprint density at radius 2 is 2.28 bits per heavy atom. The normalized spacial score (nSPS) is 12.3. The van der Waals surface area contributed by atoms with Gasteiger partial charge in [0.2, 0.25) is 0 Å². The monoisotopic (exact) mass is 264 g/mol. The number of hydrogen-bond acceptors (Lipinski definition) is 4. The molecule has 2 aromatic heterocycles. The molecular formula is C12H12N2O3S. The molecule has 0 aliphatic heterocycles. The van der Waals surface area contributed by atoms with Crippen molar-refractivity contribution in [3.05, 3.63) is 35.7 Å². The van der Waals surface area contributed by atoms with Gasteiger partial charge >= 0.3 is 5.97 Å². The number of ketones is 1. The van der Waals surface area contributed by atoms with Crippen molar-refractivity contribution >= 4 is 23.1 Å². The van der Waals surface area contributed by atoms with Crippen LogP contribution in [0.3, 0.4) is 0 Å². The molecule has 0 aliphatic rings. The summed E-state index contributed by atoms with van der Waals surface area (Å²) >= 11 is 1.33. The van der Waals surface area contributed by atoms with Crippen LogP contribution in [0.4, 0.5) is 0 Å². The number of carbonyl (C=O) groups is 2. The highest BCUT2D eigenvalue weighted by molar-refractivity contribution is 7.16. The van der Waals surface area contributed by atoms with Crippen LogP contribution in [0.5, 0.6) is 0 Å². The summed E-state index contributed by atoms with van der Waals surface area (Å²) in [5.74, 6) is -1.59. The van der Waals surface area contributed by atoms with Gasteiger partial charge < -0.3 is 5.11 Å². The molecule has 0 saturated carbocycles. The molecule has 2 aromatic rings. The number of carboxylic acids is 1. The quantitative estimate of drug-likeness (QED) is 0.840. The first-order valence-corrected chi connectivity index (χ1v) is 6.23. The summed E-state index contributed by atoms with van der Waals surface area (Å²) in [5.41, 5.74) is 0. The van der Waals surface area contributed by atoms with E-state index in [1.807, 2.05) is 10.6 Å². The summed E-state index contributed by atoms with van der Waals surface area (Å²) in [6.45, 7) is 1.63. The zero-order valence-electron chi connectivity index (χ0n) is 9.74. The van der Waals surface area contributed by atoms with Gasteiger partial charge in [0.1, 0.15) is 5.00 Å². The third-order valence-electron chi connectivity index (χ3n) is 2.52. The number of aromatic nitrogens is 2. The maximum Gasteiger partial charge on any atom is 0.304 e. The fraction of sp³-hybridized carbons (Fsp3) is 0.250. The molecular weight excluding hydrogens is 252 g/mol. The molecule has 0 bridgehead atoms. The van der Waals surface area contributed by atoms with Crippen molar-refractivity contribution in [3.63, 3.8) is 0 Å². The van der Waals surface area contributed by atoms with E-state index in [2.05, 4.69) is 4.98 Å². The fourth-order valence-electron chi connectivity index (χ4n) is 1.59. The lowest BCUT2D eigenvalue weighted by Gasteiger charge is -2.04. The van der Waals surface area contributed by atoms with Gasteiger partial charge in [0, 0.05) is 18.3 Å². The van der Waals surface area contributed by atoms with E-state index in [-0.39, 0.29) is 12.2 Å². The lowest BCUT2D eigenvalue weighted by atomic mass is 10.0. The van der Waals surface area contributed by atoms with Gasteiger partial charge in [-0.2, -0.15) is 0 Å². The largest absolute Gasteiger partial charge is 0.481 e. The molecule has 0 saturated heterocycles. The highest BCUT2D eigenvalue weighted by Gasteiger charge is 2.20. The molecule has 0 aliphatic carbocycles. The van der Waals surface area contributed by atoms with Crippen LogP contribution in [-0.4, -0.2) is 26.4 Å². The number of imidazole rings is 1. The molecule has 18 heavy (non-hydrogen) atoms. The Morgan fingerprint density at radius 3 is 2.89 bits per heavy atom. The standard InChI is InChI=1S/C12H12N2O3S/c1-8(6-11(15)16)12(17)9-2-3-10(18-9)14-5-4-13-7-14/h2-5,7-8H,6H2,1H3,(H,15,16). The van der Waals surface area contributed by atoms with E-state index < -0.39 is 11.9 Å². The number of rotatable bonds is 5. The molecule has 1 N–H and O–H groups in total. The molecule has 94 valence electrons. The second kappa shape index (κ2) is 5.14. The van der Waals surface area contributed by atoms with Gasteiger partial charge in [0.25, 0.3) is 0 Å².